The molecule has 104 valence electrons. The van der Waals surface area contributed by atoms with Crippen LogP contribution in [0.25, 0.3) is 0 Å². The Morgan fingerprint density at radius 2 is 2.32 bits per heavy atom. The summed E-state index contributed by atoms with van der Waals surface area (Å²) in [7, 11) is 1.32. The van der Waals surface area contributed by atoms with Gasteiger partial charge in [0, 0.05) is 12.6 Å². The fraction of sp³-hybridized carbons (Fsp3) is 0.615. The SMILES string of the molecule is CCC1CCCCN1c1ccc(NC(=O)OC)nn1. The van der Waals surface area contributed by atoms with Gasteiger partial charge in [0.1, 0.15) is 0 Å². The van der Waals surface area contributed by atoms with Crippen LogP contribution in [0.1, 0.15) is 32.6 Å². The molecule has 1 aromatic heterocycles. The largest absolute Gasteiger partial charge is 0.453 e. The van der Waals surface area contributed by atoms with Crippen LogP contribution in [0.3, 0.4) is 0 Å². The van der Waals surface area contributed by atoms with Crippen LogP contribution in [0.4, 0.5) is 16.4 Å². The number of nitrogens with one attached hydrogen (secondary N) is 1. The lowest BCUT2D eigenvalue weighted by molar-refractivity contribution is 0.187. The third-order valence-corrected chi connectivity index (χ3v) is 3.46. The van der Waals surface area contributed by atoms with Crippen molar-refractivity contribution >= 4 is 17.7 Å². The number of piperidine rings is 1. The number of aromatic nitrogens is 2. The van der Waals surface area contributed by atoms with Crippen LogP contribution in [0, 0.1) is 0 Å². The van der Waals surface area contributed by atoms with Gasteiger partial charge in [0.15, 0.2) is 11.6 Å². The molecular weight excluding hydrogens is 244 g/mol. The number of carbonyl (C=O) groups is 1. The second-order valence-corrected chi connectivity index (χ2v) is 4.64. The van der Waals surface area contributed by atoms with E-state index in [1.807, 2.05) is 6.07 Å². The van der Waals surface area contributed by atoms with Crippen LogP contribution in [0.15, 0.2) is 12.1 Å². The smallest absolute Gasteiger partial charge is 0.412 e. The minimum atomic E-state index is -0.536. The second kappa shape index (κ2) is 6.36. The Kier molecular flexibility index (Phi) is 4.54. The molecule has 0 saturated carbocycles. The summed E-state index contributed by atoms with van der Waals surface area (Å²) < 4.78 is 4.51. The first-order valence-electron chi connectivity index (χ1n) is 6.70. The number of hydrogen-bond donors (Lipinski definition) is 1. The molecule has 0 aromatic carbocycles. The molecule has 0 radical (unpaired) electrons. The molecule has 1 atom stereocenters. The lowest BCUT2D eigenvalue weighted by Gasteiger charge is -2.35. The predicted octanol–water partition coefficient (Wildman–Crippen LogP) is 2.42. The molecule has 1 amide bonds. The number of rotatable bonds is 3. The summed E-state index contributed by atoms with van der Waals surface area (Å²) >= 11 is 0. The van der Waals surface area contributed by atoms with E-state index in [9.17, 15) is 4.79 Å². The highest BCUT2D eigenvalue weighted by Gasteiger charge is 2.22. The van der Waals surface area contributed by atoms with E-state index in [0.29, 0.717) is 11.9 Å². The summed E-state index contributed by atoms with van der Waals surface area (Å²) in [6, 6.07) is 4.19. The van der Waals surface area contributed by atoms with Crippen molar-refractivity contribution < 1.29 is 9.53 Å². The summed E-state index contributed by atoms with van der Waals surface area (Å²) in [4.78, 5) is 13.4. The van der Waals surface area contributed by atoms with Gasteiger partial charge in [0.25, 0.3) is 0 Å². The van der Waals surface area contributed by atoms with E-state index in [1.54, 1.807) is 6.07 Å². The van der Waals surface area contributed by atoms with Gasteiger partial charge in [0.05, 0.1) is 7.11 Å². The van der Waals surface area contributed by atoms with Crippen molar-refractivity contribution in [2.24, 2.45) is 0 Å². The van der Waals surface area contributed by atoms with Crippen LogP contribution in [0.5, 0.6) is 0 Å². The van der Waals surface area contributed by atoms with Gasteiger partial charge in [-0.1, -0.05) is 6.92 Å². The average Bonchev–Trinajstić information content (AvgIpc) is 2.48. The molecule has 1 fully saturated rings. The van der Waals surface area contributed by atoms with Crippen LogP contribution in [0.2, 0.25) is 0 Å². The molecule has 2 rings (SSSR count). The van der Waals surface area contributed by atoms with E-state index in [4.69, 9.17) is 0 Å². The molecule has 1 aliphatic heterocycles. The Balaban J connectivity index is 2.06. The van der Waals surface area contributed by atoms with Crippen molar-refractivity contribution in [1.29, 1.82) is 0 Å². The van der Waals surface area contributed by atoms with Gasteiger partial charge in [-0.05, 0) is 37.8 Å². The fourth-order valence-corrected chi connectivity index (χ4v) is 2.43. The molecule has 6 nitrogen and oxygen atoms in total. The summed E-state index contributed by atoms with van der Waals surface area (Å²) in [5.74, 6) is 1.28. The van der Waals surface area contributed by atoms with Gasteiger partial charge in [-0.25, -0.2) is 4.79 Å². The van der Waals surface area contributed by atoms with Crippen molar-refractivity contribution in [2.45, 2.75) is 38.6 Å². The zero-order valence-electron chi connectivity index (χ0n) is 11.4. The molecule has 0 spiro atoms. The monoisotopic (exact) mass is 264 g/mol. The number of anilines is 2. The Morgan fingerprint density at radius 1 is 1.47 bits per heavy atom. The summed E-state index contributed by atoms with van der Waals surface area (Å²) in [5, 5.41) is 10.7. The molecule has 1 unspecified atom stereocenters. The van der Waals surface area contributed by atoms with E-state index in [-0.39, 0.29) is 0 Å². The number of carbonyl (C=O) groups excluding carboxylic acids is 1. The molecule has 1 aliphatic rings. The minimum absolute atomic E-state index is 0.403. The minimum Gasteiger partial charge on any atom is -0.453 e. The van der Waals surface area contributed by atoms with E-state index in [0.717, 1.165) is 18.8 Å². The first-order valence-corrected chi connectivity index (χ1v) is 6.70. The van der Waals surface area contributed by atoms with Gasteiger partial charge in [-0.2, -0.15) is 0 Å². The Hall–Kier alpha value is -1.85. The third kappa shape index (κ3) is 3.33. The lowest BCUT2D eigenvalue weighted by atomic mass is 10.0. The predicted molar refractivity (Wildman–Crippen MR) is 73.3 cm³/mol. The first kappa shape index (κ1) is 13.6. The van der Waals surface area contributed by atoms with Crippen molar-refractivity contribution in [1.82, 2.24) is 10.2 Å². The highest BCUT2D eigenvalue weighted by molar-refractivity contribution is 5.83. The topological polar surface area (TPSA) is 67.4 Å². The van der Waals surface area contributed by atoms with Gasteiger partial charge in [-0.3, -0.25) is 5.32 Å². The van der Waals surface area contributed by atoms with E-state index < -0.39 is 6.09 Å². The van der Waals surface area contributed by atoms with Gasteiger partial charge < -0.3 is 9.64 Å². The number of amides is 1. The van der Waals surface area contributed by atoms with Crippen LogP contribution < -0.4 is 10.2 Å². The maximum atomic E-state index is 11.1. The Bertz CT molecular complexity index is 421. The Labute approximate surface area is 113 Å². The molecule has 0 aliphatic carbocycles. The molecular formula is C13H20N4O2. The standard InChI is InChI=1S/C13H20N4O2/c1-3-10-6-4-5-9-17(10)12-8-7-11(15-16-12)14-13(18)19-2/h7-8,10H,3-6,9H2,1-2H3,(H,14,15,18). The van der Waals surface area contributed by atoms with Gasteiger partial charge >= 0.3 is 6.09 Å². The molecule has 19 heavy (non-hydrogen) atoms. The van der Waals surface area contributed by atoms with Crippen molar-refractivity contribution in [3.05, 3.63) is 12.1 Å². The Morgan fingerprint density at radius 3 is 2.95 bits per heavy atom. The van der Waals surface area contributed by atoms with E-state index >= 15 is 0 Å². The molecule has 0 bridgehead atoms. The highest BCUT2D eigenvalue weighted by Crippen LogP contribution is 2.24. The van der Waals surface area contributed by atoms with Crippen LogP contribution in [-0.4, -0.2) is 36.0 Å². The van der Waals surface area contributed by atoms with Crippen molar-refractivity contribution in [3.63, 3.8) is 0 Å². The number of methoxy groups -OCH3 is 1. The van der Waals surface area contributed by atoms with E-state index in [1.165, 1.54) is 26.4 Å². The maximum Gasteiger partial charge on any atom is 0.412 e. The molecule has 1 saturated heterocycles. The molecule has 6 heteroatoms. The zero-order valence-corrected chi connectivity index (χ0v) is 11.4. The summed E-state index contributed by atoms with van der Waals surface area (Å²) in [5.41, 5.74) is 0. The molecule has 1 N–H and O–H groups in total. The van der Waals surface area contributed by atoms with Crippen LogP contribution >= 0.6 is 0 Å². The normalized spacial score (nSPS) is 19.1. The molecule has 2 heterocycles. The van der Waals surface area contributed by atoms with Crippen molar-refractivity contribution in [2.75, 3.05) is 23.9 Å². The lowest BCUT2D eigenvalue weighted by Crippen LogP contribution is -2.39. The van der Waals surface area contributed by atoms with Gasteiger partial charge in [0.2, 0.25) is 0 Å². The van der Waals surface area contributed by atoms with Crippen LogP contribution in [-0.2, 0) is 4.74 Å². The number of ether oxygens (including phenoxy) is 1. The van der Waals surface area contributed by atoms with E-state index in [2.05, 4.69) is 32.1 Å². The van der Waals surface area contributed by atoms with Gasteiger partial charge in [-0.15, -0.1) is 10.2 Å². The second-order valence-electron chi connectivity index (χ2n) is 4.64. The van der Waals surface area contributed by atoms with Crippen molar-refractivity contribution in [3.8, 4) is 0 Å². The quantitative estimate of drug-likeness (QED) is 0.908. The maximum absolute atomic E-state index is 11.1. The highest BCUT2D eigenvalue weighted by atomic mass is 16.5. The number of hydrogen-bond acceptors (Lipinski definition) is 5. The number of nitrogens with zero attached hydrogens (tertiary/aromatic N) is 3. The molecule has 1 aromatic rings. The first-order chi connectivity index (χ1) is 9.24. The third-order valence-electron chi connectivity index (χ3n) is 3.46. The fourth-order valence-electron chi connectivity index (χ4n) is 2.43. The average molecular weight is 264 g/mol. The zero-order chi connectivity index (χ0) is 13.7. The summed E-state index contributed by atoms with van der Waals surface area (Å²) in [6.07, 6.45) is 4.26. The summed E-state index contributed by atoms with van der Waals surface area (Å²) in [6.45, 7) is 3.22.